The number of nitrogens with one attached hydrogen (secondary N) is 4. The van der Waals surface area contributed by atoms with E-state index in [1.807, 2.05) is 69.5 Å². The molecule has 0 aliphatic carbocycles. The highest BCUT2D eigenvalue weighted by molar-refractivity contribution is 7.92. The summed E-state index contributed by atoms with van der Waals surface area (Å²) in [6.45, 7) is 20.5. The molecule has 0 radical (unpaired) electrons. The van der Waals surface area contributed by atoms with Gasteiger partial charge in [0.05, 0.1) is 49.1 Å². The van der Waals surface area contributed by atoms with Crippen molar-refractivity contribution < 1.29 is 71.5 Å². The van der Waals surface area contributed by atoms with Gasteiger partial charge in [0, 0.05) is 87.7 Å². The van der Waals surface area contributed by atoms with E-state index in [2.05, 4.69) is 30.0 Å². The van der Waals surface area contributed by atoms with E-state index in [1.165, 1.54) is 22.8 Å². The lowest BCUT2D eigenvalue weighted by atomic mass is 9.76. The maximum Gasteiger partial charge on any atom is 0.495 e. The SMILES string of the molecule is CCS(=O)(=O)Nc1cc(-c2cc(NC(=O)N3CC[C@@H](CC(F)(F)F)C3)ccc2C)cc(N2CCOCC2)n1.CCS(=O)(=O)Nc1cc(Cl)cc(N2CCOCC2)n1.Cc1ccc(NC(=O)N2CC[C@@H](CC(F)(F)F)C2)cc1B1OC(C)(C)C(C)(C)O1. The number of sulfonamides is 2. The van der Waals surface area contributed by atoms with Crippen molar-refractivity contribution in [1.29, 1.82) is 0 Å². The molecule has 5 aliphatic heterocycles. The van der Waals surface area contributed by atoms with E-state index >= 15 is 0 Å². The number of pyridine rings is 2. The number of amides is 4. The second-order valence-corrected chi connectivity index (χ2v) is 27.2. The molecular formula is C56H76BClF6N10O10S2. The Hall–Kier alpha value is -5.85. The van der Waals surface area contributed by atoms with Gasteiger partial charge in [-0.3, -0.25) is 9.44 Å². The Morgan fingerprint density at radius 1 is 0.628 bits per heavy atom. The molecule has 5 aliphatic rings. The number of alkyl halides is 6. The van der Waals surface area contributed by atoms with Gasteiger partial charge in [0.1, 0.15) is 23.3 Å². The van der Waals surface area contributed by atoms with Crippen molar-refractivity contribution in [2.45, 2.75) is 105 Å². The normalized spacial score (nSPS) is 19.7. The number of nitrogens with zero attached hydrogens (tertiary/aromatic N) is 6. The van der Waals surface area contributed by atoms with Gasteiger partial charge in [-0.15, -0.1) is 0 Å². The zero-order chi connectivity index (χ0) is 63.0. The zero-order valence-electron chi connectivity index (χ0n) is 49.5. The lowest BCUT2D eigenvalue weighted by molar-refractivity contribution is -0.144. The first kappa shape index (κ1) is 67.7. The van der Waals surface area contributed by atoms with E-state index in [1.54, 1.807) is 43.3 Å². The third-order valence-electron chi connectivity index (χ3n) is 15.6. The predicted molar refractivity (Wildman–Crippen MR) is 322 cm³/mol. The van der Waals surface area contributed by atoms with Crippen LogP contribution in [-0.4, -0.2) is 170 Å². The van der Waals surface area contributed by atoms with Crippen molar-refractivity contribution in [3.8, 4) is 11.1 Å². The number of morpholine rings is 2. The summed E-state index contributed by atoms with van der Waals surface area (Å²) in [4.78, 5) is 41.0. The molecule has 0 spiro atoms. The standard InChI is InChI=1S/C25H32F3N5O4S.C20H28BF3N2O3.C11H16ClN3O3S/c1-3-38(35,36)31-22-12-19(13-23(30-22)32-8-10-37-11-9-32)21-14-20(5-4-17(21)2)29-24(34)33-7-6-18(16-33)15-25(26,27)28;1-13-6-7-15(10-16(13)21-28-18(2,3)19(4,5)29-21)25-17(27)26-9-8-14(12-26)11-20(22,23)24;1-2-19(16,17)14-10-7-9(12)8-11(13-10)15-3-5-18-6-4-15/h4-5,12-14,18H,3,6-11,15-16H2,1-2H3,(H,29,34)(H,30,31);6-7,10,14H,8-9,11-12H2,1-5H3,(H,25,27);7-8H,2-6H2,1H3,(H,13,14)/t18-;14-;/m00./s1. The molecule has 2 atom stereocenters. The molecule has 0 saturated carbocycles. The number of ether oxygens (including phenoxy) is 2. The Bertz CT molecular complexity index is 3230. The summed E-state index contributed by atoms with van der Waals surface area (Å²) in [5.41, 5.74) is 4.21. The second-order valence-electron chi connectivity index (χ2n) is 22.7. The van der Waals surface area contributed by atoms with Gasteiger partial charge in [0.25, 0.3) is 0 Å². The van der Waals surface area contributed by atoms with Crippen LogP contribution in [0.4, 0.5) is 70.6 Å². The smallest absolute Gasteiger partial charge is 0.399 e. The first-order chi connectivity index (χ1) is 40.2. The van der Waals surface area contributed by atoms with E-state index in [-0.39, 0.29) is 42.8 Å². The summed E-state index contributed by atoms with van der Waals surface area (Å²) in [6, 6.07) is 16.6. The molecule has 2 aromatic heterocycles. The van der Waals surface area contributed by atoms with E-state index in [4.69, 9.17) is 30.4 Å². The van der Waals surface area contributed by atoms with Gasteiger partial charge in [0.2, 0.25) is 20.0 Å². The van der Waals surface area contributed by atoms with Crippen LogP contribution in [0.5, 0.6) is 0 Å². The molecule has 5 fully saturated rings. The number of likely N-dealkylation sites (tertiary alicyclic amines) is 2. The van der Waals surface area contributed by atoms with E-state index in [9.17, 15) is 52.8 Å². The number of aryl methyl sites for hydroxylation is 2. The lowest BCUT2D eigenvalue weighted by Crippen LogP contribution is -2.41. The molecule has 9 rings (SSSR count). The highest BCUT2D eigenvalue weighted by Gasteiger charge is 2.52. The number of hydrogen-bond donors (Lipinski definition) is 4. The number of aromatic nitrogens is 2. The summed E-state index contributed by atoms with van der Waals surface area (Å²) in [5, 5.41) is 6.04. The molecule has 2 aromatic carbocycles. The largest absolute Gasteiger partial charge is 0.495 e. The van der Waals surface area contributed by atoms with Crippen LogP contribution in [0.2, 0.25) is 5.02 Å². The number of hydrogen-bond acceptors (Lipinski definition) is 14. The van der Waals surface area contributed by atoms with Crippen molar-refractivity contribution in [1.82, 2.24) is 19.8 Å². The average molecular weight is 1270 g/mol. The molecule has 4 amide bonds. The van der Waals surface area contributed by atoms with Crippen molar-refractivity contribution >= 4 is 90.9 Å². The van der Waals surface area contributed by atoms with Gasteiger partial charge in [-0.1, -0.05) is 29.3 Å². The Morgan fingerprint density at radius 2 is 1.06 bits per heavy atom. The van der Waals surface area contributed by atoms with Crippen LogP contribution in [0.1, 0.15) is 78.4 Å². The summed E-state index contributed by atoms with van der Waals surface area (Å²) >= 11 is 6.01. The van der Waals surface area contributed by atoms with Crippen LogP contribution in [0.3, 0.4) is 0 Å². The number of rotatable bonds is 14. The molecule has 474 valence electrons. The topological polar surface area (TPSA) is 226 Å². The average Bonchev–Trinajstić information content (AvgIpc) is 2.11. The fraction of sp³-hybridized carbons (Fsp3) is 0.571. The minimum Gasteiger partial charge on any atom is -0.399 e. The molecule has 86 heavy (non-hydrogen) atoms. The van der Waals surface area contributed by atoms with Crippen LogP contribution in [0.15, 0.2) is 60.7 Å². The summed E-state index contributed by atoms with van der Waals surface area (Å²) in [6.07, 6.45) is -9.54. The van der Waals surface area contributed by atoms with Crippen molar-refractivity contribution in [3.63, 3.8) is 0 Å². The van der Waals surface area contributed by atoms with Crippen LogP contribution < -0.4 is 35.3 Å². The van der Waals surface area contributed by atoms with Gasteiger partial charge in [0.15, 0.2) is 0 Å². The van der Waals surface area contributed by atoms with Gasteiger partial charge in [-0.05, 0) is 145 Å². The number of carbonyl (C=O) groups is 2. The van der Waals surface area contributed by atoms with Gasteiger partial charge in [-0.25, -0.2) is 36.4 Å². The van der Waals surface area contributed by atoms with Crippen LogP contribution >= 0.6 is 11.6 Å². The van der Waals surface area contributed by atoms with Crippen molar-refractivity contribution in [2.24, 2.45) is 11.8 Å². The van der Waals surface area contributed by atoms with E-state index in [0.717, 1.165) is 22.2 Å². The first-order valence-electron chi connectivity index (χ1n) is 28.4. The van der Waals surface area contributed by atoms with Crippen molar-refractivity contribution in [2.75, 3.05) is 120 Å². The molecule has 0 bridgehead atoms. The fourth-order valence-corrected chi connectivity index (χ4v) is 11.3. The highest BCUT2D eigenvalue weighted by atomic mass is 35.5. The van der Waals surface area contributed by atoms with E-state index < -0.39 is 87.5 Å². The molecule has 0 unspecified atom stereocenters. The molecule has 4 N–H and O–H groups in total. The molecule has 5 saturated heterocycles. The van der Waals surface area contributed by atoms with Crippen LogP contribution in [0.25, 0.3) is 11.1 Å². The molecule has 30 heteroatoms. The molecule has 20 nitrogen and oxygen atoms in total. The number of urea groups is 2. The van der Waals surface area contributed by atoms with Crippen LogP contribution in [0, 0.1) is 25.7 Å². The first-order valence-corrected chi connectivity index (χ1v) is 32.1. The molecule has 4 aromatic rings. The molecule has 7 heterocycles. The minimum atomic E-state index is -4.25. The third-order valence-corrected chi connectivity index (χ3v) is 18.3. The Kier molecular flexibility index (Phi) is 22.1. The molecular weight excluding hydrogens is 1200 g/mol. The number of halogens is 7. The maximum absolute atomic E-state index is 12.8. The second kappa shape index (κ2) is 28.1. The summed E-state index contributed by atoms with van der Waals surface area (Å²) < 4.78 is 151. The highest BCUT2D eigenvalue weighted by Crippen LogP contribution is 2.38. The lowest BCUT2D eigenvalue weighted by Gasteiger charge is -2.32. The van der Waals surface area contributed by atoms with Gasteiger partial charge in [-0.2, -0.15) is 26.3 Å². The number of carbonyl (C=O) groups excluding carboxylic acids is 2. The van der Waals surface area contributed by atoms with Crippen LogP contribution in [-0.2, 0) is 38.8 Å². The summed E-state index contributed by atoms with van der Waals surface area (Å²) in [5.74, 6) is 0.434. The minimum absolute atomic E-state index is 0.00587. The monoisotopic (exact) mass is 1270 g/mol. The summed E-state index contributed by atoms with van der Waals surface area (Å²) in [7, 11) is -7.47. The fourth-order valence-electron chi connectivity index (χ4n) is 10.0. The maximum atomic E-state index is 12.8. The zero-order valence-corrected chi connectivity index (χ0v) is 51.9. The Labute approximate surface area is 504 Å². The Morgan fingerprint density at radius 3 is 1.51 bits per heavy atom. The third kappa shape index (κ3) is 19.3. The van der Waals surface area contributed by atoms with Gasteiger partial charge >= 0.3 is 31.5 Å². The van der Waals surface area contributed by atoms with E-state index in [0.29, 0.717) is 106 Å². The predicted octanol–water partition coefficient (Wildman–Crippen LogP) is 9.90. The quantitative estimate of drug-likeness (QED) is 0.0681. The Balaban J connectivity index is 0.000000195. The van der Waals surface area contributed by atoms with Crippen molar-refractivity contribution in [3.05, 3.63) is 76.8 Å². The number of benzene rings is 2. The van der Waals surface area contributed by atoms with Gasteiger partial charge < -0.3 is 49.0 Å². The number of anilines is 6.